The van der Waals surface area contributed by atoms with Gasteiger partial charge in [0.15, 0.2) is 0 Å². The fourth-order valence-electron chi connectivity index (χ4n) is 1.15. The zero-order valence-electron chi connectivity index (χ0n) is 8.47. The van der Waals surface area contributed by atoms with E-state index in [0.29, 0.717) is 5.95 Å². The number of hydrogen-bond donors (Lipinski definition) is 1. The summed E-state index contributed by atoms with van der Waals surface area (Å²) in [6.45, 7) is 2.78. The number of thiazole rings is 1. The molecule has 0 saturated carbocycles. The van der Waals surface area contributed by atoms with Crippen LogP contribution in [0.15, 0.2) is 23.3 Å². The Morgan fingerprint density at radius 3 is 2.73 bits per heavy atom. The maximum atomic E-state index is 4.20. The van der Waals surface area contributed by atoms with Crippen molar-refractivity contribution in [1.29, 1.82) is 0 Å². The molecule has 0 bridgehead atoms. The minimum Gasteiger partial charge on any atom is -0.354 e. The lowest BCUT2D eigenvalue weighted by atomic mass is 10.3. The standard InChI is InChI=1S/C10H12N4S/c1-8-4-12-10(13-5-8)11-3-2-9-6-15-7-14-9/h4-7H,2-3H2,1H3,(H,11,12,13). The first kappa shape index (κ1) is 10.0. The molecule has 1 N–H and O–H groups in total. The van der Waals surface area contributed by atoms with Crippen LogP contribution in [0.2, 0.25) is 0 Å². The Balaban J connectivity index is 1.81. The van der Waals surface area contributed by atoms with Gasteiger partial charge < -0.3 is 5.32 Å². The Hall–Kier alpha value is -1.49. The Morgan fingerprint density at radius 1 is 1.27 bits per heavy atom. The van der Waals surface area contributed by atoms with Crippen LogP contribution in [0.1, 0.15) is 11.3 Å². The van der Waals surface area contributed by atoms with Gasteiger partial charge in [-0.1, -0.05) is 0 Å². The molecule has 0 aliphatic carbocycles. The minimum atomic E-state index is 0.677. The van der Waals surface area contributed by atoms with Crippen LogP contribution < -0.4 is 5.32 Å². The van der Waals surface area contributed by atoms with Crippen LogP contribution in [0.5, 0.6) is 0 Å². The molecule has 78 valence electrons. The Bertz CT molecular complexity index is 396. The maximum absolute atomic E-state index is 4.20. The minimum absolute atomic E-state index is 0.677. The van der Waals surface area contributed by atoms with Gasteiger partial charge in [-0.15, -0.1) is 11.3 Å². The van der Waals surface area contributed by atoms with Crippen LogP contribution in [0.25, 0.3) is 0 Å². The number of nitrogens with one attached hydrogen (secondary N) is 1. The van der Waals surface area contributed by atoms with Crippen molar-refractivity contribution in [1.82, 2.24) is 15.0 Å². The molecule has 15 heavy (non-hydrogen) atoms. The van der Waals surface area contributed by atoms with Gasteiger partial charge in [0.2, 0.25) is 5.95 Å². The average molecular weight is 220 g/mol. The van der Waals surface area contributed by atoms with E-state index in [9.17, 15) is 0 Å². The molecule has 4 nitrogen and oxygen atoms in total. The predicted octanol–water partition coefficient (Wildman–Crippen LogP) is 1.90. The van der Waals surface area contributed by atoms with Crippen LogP contribution in [-0.4, -0.2) is 21.5 Å². The predicted molar refractivity (Wildman–Crippen MR) is 61.1 cm³/mol. The van der Waals surface area contributed by atoms with Gasteiger partial charge in [-0.05, 0) is 12.5 Å². The van der Waals surface area contributed by atoms with E-state index in [1.54, 1.807) is 23.7 Å². The summed E-state index contributed by atoms with van der Waals surface area (Å²) in [6, 6.07) is 0. The normalized spacial score (nSPS) is 10.2. The van der Waals surface area contributed by atoms with Gasteiger partial charge in [0.1, 0.15) is 0 Å². The van der Waals surface area contributed by atoms with Gasteiger partial charge in [0.05, 0.1) is 11.2 Å². The van der Waals surface area contributed by atoms with Crippen molar-refractivity contribution in [2.24, 2.45) is 0 Å². The topological polar surface area (TPSA) is 50.7 Å². The second-order valence-electron chi connectivity index (χ2n) is 3.24. The van der Waals surface area contributed by atoms with Gasteiger partial charge in [-0.2, -0.15) is 0 Å². The van der Waals surface area contributed by atoms with E-state index in [1.165, 1.54) is 0 Å². The largest absolute Gasteiger partial charge is 0.354 e. The second-order valence-corrected chi connectivity index (χ2v) is 3.96. The highest BCUT2D eigenvalue weighted by Crippen LogP contribution is 2.03. The van der Waals surface area contributed by atoms with E-state index in [2.05, 4.69) is 25.6 Å². The van der Waals surface area contributed by atoms with E-state index in [1.807, 2.05) is 12.4 Å². The molecule has 0 amide bonds. The first-order valence-electron chi connectivity index (χ1n) is 4.74. The molecule has 5 heteroatoms. The zero-order valence-corrected chi connectivity index (χ0v) is 9.29. The van der Waals surface area contributed by atoms with Crippen molar-refractivity contribution in [3.05, 3.63) is 34.5 Å². The highest BCUT2D eigenvalue weighted by atomic mass is 32.1. The molecule has 2 rings (SSSR count). The first-order chi connectivity index (χ1) is 7.34. The fourth-order valence-corrected chi connectivity index (χ4v) is 1.74. The van der Waals surface area contributed by atoms with E-state index in [0.717, 1.165) is 24.2 Å². The van der Waals surface area contributed by atoms with Crippen LogP contribution in [0, 0.1) is 6.92 Å². The molecule has 0 unspecified atom stereocenters. The summed E-state index contributed by atoms with van der Waals surface area (Å²) in [7, 11) is 0. The Morgan fingerprint density at radius 2 is 2.07 bits per heavy atom. The third kappa shape index (κ3) is 2.99. The third-order valence-electron chi connectivity index (χ3n) is 1.93. The van der Waals surface area contributed by atoms with Crippen molar-refractivity contribution in [2.45, 2.75) is 13.3 Å². The van der Waals surface area contributed by atoms with Crippen molar-refractivity contribution >= 4 is 17.3 Å². The molecule has 0 atom stereocenters. The molecule has 0 fully saturated rings. The molecule has 0 radical (unpaired) electrons. The lowest BCUT2D eigenvalue weighted by Crippen LogP contribution is -2.07. The summed E-state index contributed by atoms with van der Waals surface area (Å²) < 4.78 is 0. The summed E-state index contributed by atoms with van der Waals surface area (Å²) in [5.41, 5.74) is 4.03. The monoisotopic (exact) mass is 220 g/mol. The maximum Gasteiger partial charge on any atom is 0.222 e. The summed E-state index contributed by atoms with van der Waals surface area (Å²) in [6.07, 6.45) is 4.51. The van der Waals surface area contributed by atoms with Crippen LogP contribution >= 0.6 is 11.3 Å². The Labute approximate surface area is 92.4 Å². The smallest absolute Gasteiger partial charge is 0.222 e. The van der Waals surface area contributed by atoms with Gasteiger partial charge in [-0.25, -0.2) is 15.0 Å². The molecule has 0 aliphatic heterocycles. The summed E-state index contributed by atoms with van der Waals surface area (Å²) >= 11 is 1.62. The van der Waals surface area contributed by atoms with Gasteiger partial charge in [0.25, 0.3) is 0 Å². The lowest BCUT2D eigenvalue weighted by molar-refractivity contribution is 0.951. The van der Waals surface area contributed by atoms with E-state index >= 15 is 0 Å². The van der Waals surface area contributed by atoms with Gasteiger partial charge >= 0.3 is 0 Å². The van der Waals surface area contributed by atoms with Crippen LogP contribution in [0.3, 0.4) is 0 Å². The Kier molecular flexibility index (Phi) is 3.24. The molecular formula is C10H12N4S. The summed E-state index contributed by atoms with van der Waals surface area (Å²) in [5.74, 6) is 0.677. The molecule has 0 aliphatic rings. The van der Waals surface area contributed by atoms with Gasteiger partial charge in [0, 0.05) is 30.7 Å². The molecule has 0 aromatic carbocycles. The SMILES string of the molecule is Cc1cnc(NCCc2cscn2)nc1. The van der Waals surface area contributed by atoms with Crippen molar-refractivity contribution < 1.29 is 0 Å². The van der Waals surface area contributed by atoms with E-state index in [-0.39, 0.29) is 0 Å². The number of anilines is 1. The lowest BCUT2D eigenvalue weighted by Gasteiger charge is -2.02. The quantitative estimate of drug-likeness (QED) is 0.855. The number of aromatic nitrogens is 3. The van der Waals surface area contributed by atoms with E-state index in [4.69, 9.17) is 0 Å². The number of aryl methyl sites for hydroxylation is 1. The number of rotatable bonds is 4. The number of nitrogens with zero attached hydrogens (tertiary/aromatic N) is 3. The van der Waals surface area contributed by atoms with Crippen molar-refractivity contribution in [2.75, 3.05) is 11.9 Å². The highest BCUT2D eigenvalue weighted by Gasteiger charge is 1.96. The summed E-state index contributed by atoms with van der Waals surface area (Å²) in [4.78, 5) is 12.5. The van der Waals surface area contributed by atoms with Gasteiger partial charge in [-0.3, -0.25) is 0 Å². The van der Waals surface area contributed by atoms with E-state index < -0.39 is 0 Å². The molecule has 0 saturated heterocycles. The van der Waals surface area contributed by atoms with Crippen LogP contribution in [-0.2, 0) is 6.42 Å². The average Bonchev–Trinajstić information content (AvgIpc) is 2.74. The summed E-state index contributed by atoms with van der Waals surface area (Å²) in [5, 5.41) is 5.21. The highest BCUT2D eigenvalue weighted by molar-refractivity contribution is 7.07. The third-order valence-corrected chi connectivity index (χ3v) is 2.56. The molecular weight excluding hydrogens is 208 g/mol. The molecule has 2 heterocycles. The van der Waals surface area contributed by atoms with Crippen molar-refractivity contribution in [3.63, 3.8) is 0 Å². The molecule has 0 spiro atoms. The second kappa shape index (κ2) is 4.84. The van der Waals surface area contributed by atoms with Crippen molar-refractivity contribution in [3.8, 4) is 0 Å². The molecule has 2 aromatic heterocycles. The van der Waals surface area contributed by atoms with Crippen LogP contribution in [0.4, 0.5) is 5.95 Å². The fraction of sp³-hybridized carbons (Fsp3) is 0.300. The molecule has 2 aromatic rings. The number of hydrogen-bond acceptors (Lipinski definition) is 5. The first-order valence-corrected chi connectivity index (χ1v) is 5.68. The zero-order chi connectivity index (χ0) is 10.5.